The molecule has 1 aromatic heterocycles. The van der Waals surface area contributed by atoms with Gasteiger partial charge in [0.2, 0.25) is 5.91 Å². The van der Waals surface area contributed by atoms with Crippen molar-refractivity contribution in [2.75, 3.05) is 26.2 Å². The molecular weight excluding hydrogens is 262 g/mol. The summed E-state index contributed by atoms with van der Waals surface area (Å²) >= 11 is 0. The number of aromatic nitrogens is 1. The Hall–Kier alpha value is -1.81. The SMILES string of the molecule is O=C(CNCCc1c[nH]c2ccccc12)N1CCCCC1. The van der Waals surface area contributed by atoms with Crippen LogP contribution in [0.4, 0.5) is 0 Å². The zero-order valence-electron chi connectivity index (χ0n) is 12.4. The second kappa shape index (κ2) is 6.76. The minimum atomic E-state index is 0.244. The molecule has 4 heteroatoms. The molecule has 0 atom stereocenters. The number of amides is 1. The molecule has 1 aromatic carbocycles. The summed E-state index contributed by atoms with van der Waals surface area (Å²) in [4.78, 5) is 17.3. The van der Waals surface area contributed by atoms with Crippen LogP contribution in [0.15, 0.2) is 30.5 Å². The fourth-order valence-electron chi connectivity index (χ4n) is 3.01. The maximum atomic E-state index is 12.0. The molecule has 0 aliphatic carbocycles. The molecule has 1 fully saturated rings. The Balaban J connectivity index is 1.44. The average Bonchev–Trinajstić information content (AvgIpc) is 2.95. The molecule has 1 aliphatic rings. The van der Waals surface area contributed by atoms with Gasteiger partial charge in [0.05, 0.1) is 6.54 Å². The lowest BCUT2D eigenvalue weighted by Gasteiger charge is -2.26. The van der Waals surface area contributed by atoms with E-state index in [1.807, 2.05) is 11.0 Å². The van der Waals surface area contributed by atoms with Gasteiger partial charge in [0.1, 0.15) is 0 Å². The lowest BCUT2D eigenvalue weighted by molar-refractivity contribution is -0.131. The van der Waals surface area contributed by atoms with Crippen LogP contribution in [0.1, 0.15) is 24.8 Å². The summed E-state index contributed by atoms with van der Waals surface area (Å²) in [6.07, 6.45) is 6.58. The standard InChI is InChI=1S/C17H23N3O/c21-17(20-10-4-1-5-11-20)13-18-9-8-14-12-19-16-7-3-2-6-15(14)16/h2-3,6-7,12,18-19H,1,4-5,8-11,13H2. The lowest BCUT2D eigenvalue weighted by Crippen LogP contribution is -2.41. The number of carbonyl (C=O) groups is 1. The van der Waals surface area contributed by atoms with Crippen LogP contribution in [0.5, 0.6) is 0 Å². The summed E-state index contributed by atoms with van der Waals surface area (Å²) < 4.78 is 0. The number of likely N-dealkylation sites (tertiary alicyclic amines) is 1. The Labute approximate surface area is 125 Å². The third-order valence-electron chi connectivity index (χ3n) is 4.23. The van der Waals surface area contributed by atoms with E-state index in [0.717, 1.165) is 38.9 Å². The van der Waals surface area contributed by atoms with Crippen molar-refractivity contribution in [1.29, 1.82) is 0 Å². The van der Waals surface area contributed by atoms with Crippen LogP contribution in [0.25, 0.3) is 10.9 Å². The van der Waals surface area contributed by atoms with Gasteiger partial charge < -0.3 is 15.2 Å². The third kappa shape index (κ3) is 3.45. The molecule has 2 N–H and O–H groups in total. The zero-order chi connectivity index (χ0) is 14.5. The molecule has 3 rings (SSSR count). The zero-order valence-corrected chi connectivity index (χ0v) is 12.4. The Morgan fingerprint density at radius 3 is 2.86 bits per heavy atom. The van der Waals surface area contributed by atoms with Crippen molar-refractivity contribution in [1.82, 2.24) is 15.2 Å². The number of hydrogen-bond acceptors (Lipinski definition) is 2. The highest BCUT2D eigenvalue weighted by Crippen LogP contribution is 2.17. The van der Waals surface area contributed by atoms with Gasteiger partial charge in [-0.25, -0.2) is 0 Å². The number of carbonyl (C=O) groups excluding carboxylic acids is 1. The van der Waals surface area contributed by atoms with Crippen LogP contribution in [-0.2, 0) is 11.2 Å². The first-order valence-corrected chi connectivity index (χ1v) is 7.88. The van der Waals surface area contributed by atoms with Crippen LogP contribution in [0.3, 0.4) is 0 Å². The second-order valence-corrected chi connectivity index (χ2v) is 5.73. The number of fused-ring (bicyclic) bond motifs is 1. The second-order valence-electron chi connectivity index (χ2n) is 5.73. The molecule has 4 nitrogen and oxygen atoms in total. The molecular formula is C17H23N3O. The number of H-pyrrole nitrogens is 1. The van der Waals surface area contributed by atoms with E-state index in [2.05, 4.69) is 34.7 Å². The third-order valence-corrected chi connectivity index (χ3v) is 4.23. The maximum absolute atomic E-state index is 12.0. The lowest BCUT2D eigenvalue weighted by atomic mass is 10.1. The van der Waals surface area contributed by atoms with E-state index >= 15 is 0 Å². The van der Waals surface area contributed by atoms with Gasteiger partial charge in [-0.05, 0) is 43.9 Å². The van der Waals surface area contributed by atoms with Crippen LogP contribution in [-0.4, -0.2) is 42.0 Å². The Kier molecular flexibility index (Phi) is 4.55. The first-order chi connectivity index (χ1) is 10.3. The van der Waals surface area contributed by atoms with E-state index in [1.165, 1.54) is 22.9 Å². The molecule has 21 heavy (non-hydrogen) atoms. The Morgan fingerprint density at radius 1 is 1.19 bits per heavy atom. The van der Waals surface area contributed by atoms with E-state index in [4.69, 9.17) is 0 Å². The van der Waals surface area contributed by atoms with E-state index < -0.39 is 0 Å². The minimum absolute atomic E-state index is 0.244. The normalized spacial score (nSPS) is 15.5. The van der Waals surface area contributed by atoms with Crippen molar-refractivity contribution >= 4 is 16.8 Å². The molecule has 1 amide bonds. The van der Waals surface area contributed by atoms with Gasteiger partial charge in [0, 0.05) is 30.2 Å². The fraction of sp³-hybridized carbons (Fsp3) is 0.471. The predicted molar refractivity (Wildman–Crippen MR) is 85.3 cm³/mol. The highest BCUT2D eigenvalue weighted by Gasteiger charge is 2.15. The first-order valence-electron chi connectivity index (χ1n) is 7.88. The van der Waals surface area contributed by atoms with Crippen LogP contribution >= 0.6 is 0 Å². The summed E-state index contributed by atoms with van der Waals surface area (Å²) in [5.74, 6) is 0.244. The van der Waals surface area contributed by atoms with Gasteiger partial charge in [-0.2, -0.15) is 0 Å². The molecule has 1 saturated heterocycles. The van der Waals surface area contributed by atoms with Crippen molar-refractivity contribution in [3.8, 4) is 0 Å². The minimum Gasteiger partial charge on any atom is -0.361 e. The summed E-state index contributed by atoms with van der Waals surface area (Å²) in [7, 11) is 0. The van der Waals surface area contributed by atoms with Crippen molar-refractivity contribution in [2.45, 2.75) is 25.7 Å². The first kappa shape index (κ1) is 14.1. The number of piperidine rings is 1. The molecule has 1 aliphatic heterocycles. The quantitative estimate of drug-likeness (QED) is 0.828. The van der Waals surface area contributed by atoms with E-state index in [0.29, 0.717) is 6.54 Å². The topological polar surface area (TPSA) is 48.1 Å². The number of rotatable bonds is 5. The fourth-order valence-corrected chi connectivity index (χ4v) is 3.01. The Morgan fingerprint density at radius 2 is 2.00 bits per heavy atom. The molecule has 0 radical (unpaired) electrons. The van der Waals surface area contributed by atoms with Crippen LogP contribution < -0.4 is 5.32 Å². The van der Waals surface area contributed by atoms with Gasteiger partial charge in [-0.1, -0.05) is 18.2 Å². The van der Waals surface area contributed by atoms with Crippen molar-refractivity contribution in [3.63, 3.8) is 0 Å². The highest BCUT2D eigenvalue weighted by molar-refractivity contribution is 5.83. The number of benzene rings is 1. The summed E-state index contributed by atoms with van der Waals surface area (Å²) in [5.41, 5.74) is 2.49. The molecule has 112 valence electrons. The molecule has 0 bridgehead atoms. The van der Waals surface area contributed by atoms with Gasteiger partial charge in [0.15, 0.2) is 0 Å². The highest BCUT2D eigenvalue weighted by atomic mass is 16.2. The van der Waals surface area contributed by atoms with Gasteiger partial charge in [-0.3, -0.25) is 4.79 Å². The van der Waals surface area contributed by atoms with Crippen molar-refractivity contribution in [2.24, 2.45) is 0 Å². The van der Waals surface area contributed by atoms with Crippen LogP contribution in [0, 0.1) is 0 Å². The molecule has 0 saturated carbocycles. The number of aromatic amines is 1. The smallest absolute Gasteiger partial charge is 0.236 e. The molecule has 0 spiro atoms. The summed E-state index contributed by atoms with van der Waals surface area (Å²) in [6, 6.07) is 8.33. The van der Waals surface area contributed by atoms with Crippen molar-refractivity contribution < 1.29 is 4.79 Å². The largest absolute Gasteiger partial charge is 0.361 e. The summed E-state index contributed by atoms with van der Waals surface area (Å²) in [5, 5.41) is 4.56. The van der Waals surface area contributed by atoms with E-state index in [-0.39, 0.29) is 5.91 Å². The number of hydrogen-bond donors (Lipinski definition) is 2. The van der Waals surface area contributed by atoms with E-state index in [1.54, 1.807) is 0 Å². The van der Waals surface area contributed by atoms with Crippen LogP contribution in [0.2, 0.25) is 0 Å². The number of nitrogens with one attached hydrogen (secondary N) is 2. The molecule has 2 heterocycles. The van der Waals surface area contributed by atoms with Crippen molar-refractivity contribution in [3.05, 3.63) is 36.0 Å². The predicted octanol–water partition coefficient (Wildman–Crippen LogP) is 2.31. The number of nitrogens with zero attached hydrogens (tertiary/aromatic N) is 1. The monoisotopic (exact) mass is 285 g/mol. The van der Waals surface area contributed by atoms with Gasteiger partial charge >= 0.3 is 0 Å². The van der Waals surface area contributed by atoms with Gasteiger partial charge in [0.25, 0.3) is 0 Å². The summed E-state index contributed by atoms with van der Waals surface area (Å²) in [6.45, 7) is 3.16. The Bertz CT molecular complexity index is 599. The maximum Gasteiger partial charge on any atom is 0.236 e. The number of para-hydroxylation sites is 1. The molecule has 0 unspecified atom stereocenters. The molecule has 2 aromatic rings. The van der Waals surface area contributed by atoms with Gasteiger partial charge in [-0.15, -0.1) is 0 Å². The van der Waals surface area contributed by atoms with E-state index in [9.17, 15) is 4.79 Å². The average molecular weight is 285 g/mol.